The van der Waals surface area contributed by atoms with Crippen molar-refractivity contribution < 1.29 is 9.53 Å². The predicted octanol–water partition coefficient (Wildman–Crippen LogP) is 5.48. The van der Waals surface area contributed by atoms with E-state index < -0.39 is 0 Å². The summed E-state index contributed by atoms with van der Waals surface area (Å²) in [5.74, 6) is 1.36. The van der Waals surface area contributed by atoms with E-state index in [2.05, 4.69) is 41.2 Å². The molecule has 0 radical (unpaired) electrons. The van der Waals surface area contributed by atoms with E-state index in [9.17, 15) is 4.79 Å². The lowest BCUT2D eigenvalue weighted by Crippen LogP contribution is -2.13. The van der Waals surface area contributed by atoms with E-state index in [0.29, 0.717) is 18.8 Å². The topological polar surface area (TPSA) is 68.2 Å². The molecule has 31 heavy (non-hydrogen) atoms. The molecule has 6 heteroatoms. The summed E-state index contributed by atoms with van der Waals surface area (Å²) in [6, 6.07) is 15.4. The van der Waals surface area contributed by atoms with Crippen molar-refractivity contribution in [1.82, 2.24) is 9.78 Å². The Morgan fingerprint density at radius 1 is 1.00 bits per heavy atom. The highest BCUT2D eigenvalue weighted by molar-refractivity contribution is 5.91. The number of rotatable bonds is 9. The number of aromatic nitrogens is 2. The van der Waals surface area contributed by atoms with E-state index in [4.69, 9.17) is 4.74 Å². The van der Waals surface area contributed by atoms with E-state index in [1.165, 1.54) is 5.56 Å². The third-order valence-electron chi connectivity index (χ3n) is 5.22. The molecule has 2 N–H and O–H groups in total. The zero-order valence-corrected chi connectivity index (χ0v) is 19.0. The summed E-state index contributed by atoms with van der Waals surface area (Å²) in [6.07, 6.45) is 1.12. The average Bonchev–Trinajstić information content (AvgIpc) is 3.00. The molecular formula is C25H32N4O2. The average molecular weight is 421 g/mol. The molecular weight excluding hydrogens is 388 g/mol. The first-order valence-corrected chi connectivity index (χ1v) is 10.7. The minimum Gasteiger partial charge on any atom is -0.497 e. The molecule has 0 atom stereocenters. The zero-order valence-electron chi connectivity index (χ0n) is 19.0. The van der Waals surface area contributed by atoms with E-state index in [1.807, 2.05) is 55.5 Å². The van der Waals surface area contributed by atoms with Gasteiger partial charge in [-0.25, -0.2) is 0 Å². The van der Waals surface area contributed by atoms with E-state index in [0.717, 1.165) is 40.7 Å². The van der Waals surface area contributed by atoms with Gasteiger partial charge in [-0.15, -0.1) is 0 Å². The van der Waals surface area contributed by atoms with Crippen LogP contribution in [0.1, 0.15) is 37.2 Å². The highest BCUT2D eigenvalue weighted by atomic mass is 16.5. The Morgan fingerprint density at radius 3 is 2.16 bits per heavy atom. The third-order valence-corrected chi connectivity index (χ3v) is 5.22. The highest BCUT2D eigenvalue weighted by Crippen LogP contribution is 2.22. The SMILES string of the molecule is COc1ccc(Nc2ccc(NC(=O)CCc3c(C)nn(CC(C)C)c3C)cc2)cc1. The summed E-state index contributed by atoms with van der Waals surface area (Å²) in [4.78, 5) is 12.5. The second-order valence-corrected chi connectivity index (χ2v) is 8.20. The first-order valence-electron chi connectivity index (χ1n) is 10.7. The Hall–Kier alpha value is -3.28. The van der Waals surface area contributed by atoms with Gasteiger partial charge in [-0.1, -0.05) is 13.8 Å². The monoisotopic (exact) mass is 420 g/mol. The van der Waals surface area contributed by atoms with Crippen LogP contribution in [0.4, 0.5) is 17.1 Å². The second-order valence-electron chi connectivity index (χ2n) is 8.20. The van der Waals surface area contributed by atoms with Crippen molar-refractivity contribution in [2.24, 2.45) is 5.92 Å². The molecule has 0 fully saturated rings. The molecule has 1 amide bonds. The van der Waals surface area contributed by atoms with Crippen molar-refractivity contribution in [3.8, 4) is 5.75 Å². The highest BCUT2D eigenvalue weighted by Gasteiger charge is 2.14. The second kappa shape index (κ2) is 10.2. The number of aryl methyl sites for hydroxylation is 1. The molecule has 6 nitrogen and oxygen atoms in total. The fraction of sp³-hybridized carbons (Fsp3) is 0.360. The Labute approximate surface area is 184 Å². The number of hydrogen-bond acceptors (Lipinski definition) is 4. The molecule has 1 aromatic heterocycles. The first-order chi connectivity index (χ1) is 14.9. The molecule has 0 aliphatic carbocycles. The molecule has 3 rings (SSSR count). The molecule has 0 aliphatic rings. The summed E-state index contributed by atoms with van der Waals surface area (Å²) >= 11 is 0. The zero-order chi connectivity index (χ0) is 22.4. The van der Waals surface area contributed by atoms with Crippen LogP contribution in [-0.2, 0) is 17.8 Å². The summed E-state index contributed by atoms with van der Waals surface area (Å²) in [5, 5.41) is 11.0. The number of methoxy groups -OCH3 is 1. The molecule has 0 saturated carbocycles. The molecule has 0 unspecified atom stereocenters. The van der Waals surface area contributed by atoms with Crippen LogP contribution < -0.4 is 15.4 Å². The van der Waals surface area contributed by atoms with Crippen LogP contribution in [0.5, 0.6) is 5.75 Å². The van der Waals surface area contributed by atoms with Gasteiger partial charge in [-0.2, -0.15) is 5.10 Å². The Kier molecular flexibility index (Phi) is 7.34. The van der Waals surface area contributed by atoms with E-state index in [-0.39, 0.29) is 5.91 Å². The smallest absolute Gasteiger partial charge is 0.224 e. The van der Waals surface area contributed by atoms with Gasteiger partial charge < -0.3 is 15.4 Å². The van der Waals surface area contributed by atoms with Crippen LogP contribution >= 0.6 is 0 Å². The summed E-state index contributed by atoms with van der Waals surface area (Å²) in [5.41, 5.74) is 6.06. The fourth-order valence-corrected chi connectivity index (χ4v) is 3.56. The maximum atomic E-state index is 12.5. The summed E-state index contributed by atoms with van der Waals surface area (Å²) in [7, 11) is 1.65. The van der Waals surface area contributed by atoms with Crippen molar-refractivity contribution in [2.45, 2.75) is 47.1 Å². The lowest BCUT2D eigenvalue weighted by molar-refractivity contribution is -0.116. The van der Waals surface area contributed by atoms with Gasteiger partial charge in [0.05, 0.1) is 12.8 Å². The molecule has 2 aromatic carbocycles. The van der Waals surface area contributed by atoms with Crippen LogP contribution in [0.3, 0.4) is 0 Å². The van der Waals surface area contributed by atoms with E-state index >= 15 is 0 Å². The Bertz CT molecular complexity index is 1010. The van der Waals surface area contributed by atoms with Crippen molar-refractivity contribution >= 4 is 23.0 Å². The molecule has 1 heterocycles. The van der Waals surface area contributed by atoms with Crippen LogP contribution in [0.25, 0.3) is 0 Å². The number of anilines is 3. The number of benzene rings is 2. The number of carbonyl (C=O) groups is 1. The lowest BCUT2D eigenvalue weighted by Gasteiger charge is -2.10. The number of amides is 1. The predicted molar refractivity (Wildman–Crippen MR) is 126 cm³/mol. The standard InChI is InChI=1S/C25H32N4O2/c1-17(2)16-29-19(4)24(18(3)28-29)14-15-25(30)27-22-8-6-20(7-9-22)26-21-10-12-23(31-5)13-11-21/h6-13,17,26H,14-16H2,1-5H3,(H,27,30). The Balaban J connectivity index is 1.53. The normalized spacial score (nSPS) is 10.9. The van der Waals surface area contributed by atoms with Crippen molar-refractivity contribution in [2.75, 3.05) is 17.7 Å². The first kappa shape index (κ1) is 22.4. The van der Waals surface area contributed by atoms with Crippen LogP contribution in [0.2, 0.25) is 0 Å². The quantitative estimate of drug-likeness (QED) is 0.481. The summed E-state index contributed by atoms with van der Waals surface area (Å²) in [6.45, 7) is 9.37. The van der Waals surface area contributed by atoms with Gasteiger partial charge in [-0.3, -0.25) is 9.48 Å². The van der Waals surface area contributed by atoms with Gasteiger partial charge in [0.2, 0.25) is 5.91 Å². The van der Waals surface area contributed by atoms with Gasteiger partial charge >= 0.3 is 0 Å². The van der Waals surface area contributed by atoms with Gasteiger partial charge in [0.25, 0.3) is 0 Å². The number of hydrogen-bond donors (Lipinski definition) is 2. The molecule has 0 spiro atoms. The van der Waals surface area contributed by atoms with Crippen molar-refractivity contribution in [1.29, 1.82) is 0 Å². The van der Waals surface area contributed by atoms with Gasteiger partial charge in [0.1, 0.15) is 5.75 Å². The maximum Gasteiger partial charge on any atom is 0.224 e. The molecule has 3 aromatic rings. The van der Waals surface area contributed by atoms with Gasteiger partial charge in [0.15, 0.2) is 0 Å². The molecule has 0 aliphatic heterocycles. The van der Waals surface area contributed by atoms with E-state index in [1.54, 1.807) is 7.11 Å². The largest absolute Gasteiger partial charge is 0.497 e. The number of nitrogens with zero attached hydrogens (tertiary/aromatic N) is 2. The number of ether oxygens (including phenoxy) is 1. The van der Waals surface area contributed by atoms with Crippen LogP contribution in [0.15, 0.2) is 48.5 Å². The van der Waals surface area contributed by atoms with Gasteiger partial charge in [-0.05, 0) is 80.3 Å². The molecule has 0 bridgehead atoms. The lowest BCUT2D eigenvalue weighted by atomic mass is 10.1. The molecule has 164 valence electrons. The van der Waals surface area contributed by atoms with Gasteiger partial charge in [0, 0.05) is 35.7 Å². The van der Waals surface area contributed by atoms with Crippen LogP contribution in [0, 0.1) is 19.8 Å². The maximum absolute atomic E-state index is 12.5. The number of carbonyl (C=O) groups excluding carboxylic acids is 1. The van der Waals surface area contributed by atoms with Crippen molar-refractivity contribution in [3.63, 3.8) is 0 Å². The minimum absolute atomic E-state index is 0.00581. The third kappa shape index (κ3) is 6.10. The van der Waals surface area contributed by atoms with Crippen LogP contribution in [-0.4, -0.2) is 22.8 Å². The Morgan fingerprint density at radius 2 is 1.58 bits per heavy atom. The fourth-order valence-electron chi connectivity index (χ4n) is 3.56. The number of nitrogens with one attached hydrogen (secondary N) is 2. The summed E-state index contributed by atoms with van der Waals surface area (Å²) < 4.78 is 7.23. The molecule has 0 saturated heterocycles. The minimum atomic E-state index is 0.00581. The van der Waals surface area contributed by atoms with Crippen molar-refractivity contribution in [3.05, 3.63) is 65.5 Å².